The van der Waals surface area contributed by atoms with E-state index in [0.717, 1.165) is 16.2 Å². The molecule has 1 fully saturated rings. The van der Waals surface area contributed by atoms with Crippen LogP contribution < -0.4 is 10.6 Å². The normalized spacial score (nSPS) is 17.2. The van der Waals surface area contributed by atoms with Crippen molar-refractivity contribution in [1.29, 1.82) is 0 Å². The highest BCUT2D eigenvalue weighted by atomic mass is 32.2. The van der Waals surface area contributed by atoms with E-state index in [1.54, 1.807) is 22.9 Å². The fourth-order valence-corrected chi connectivity index (χ4v) is 4.62. The lowest BCUT2D eigenvalue weighted by molar-refractivity contribution is -0.122. The van der Waals surface area contributed by atoms with Crippen molar-refractivity contribution >= 4 is 38.9 Å². The standard InChI is InChI=1S/C23H22FN5O4S/c1-34(32,33)28-13-18-21(19(30)14-28)17(26-15-5-3-2-4-6-15)12-29(18)16-7-10-25-20(11-16)27-22(31)23(24)8-9-23/h2-7,10-12,26H,8-9,13-14H2,1H3,(H,25,27,31). The van der Waals surface area contributed by atoms with Crippen LogP contribution in [0.4, 0.5) is 21.6 Å². The lowest BCUT2D eigenvalue weighted by Gasteiger charge is -2.25. The molecule has 3 heterocycles. The maximum Gasteiger partial charge on any atom is 0.263 e. The average Bonchev–Trinajstić information content (AvgIpc) is 3.45. The number of nitrogens with one attached hydrogen (secondary N) is 2. The van der Waals surface area contributed by atoms with Crippen molar-refractivity contribution in [2.75, 3.05) is 23.4 Å². The molecule has 9 nitrogen and oxygen atoms in total. The highest BCUT2D eigenvalue weighted by Crippen LogP contribution is 2.40. The number of sulfonamides is 1. The number of carbonyl (C=O) groups is 2. The predicted molar refractivity (Wildman–Crippen MR) is 125 cm³/mol. The monoisotopic (exact) mass is 483 g/mol. The van der Waals surface area contributed by atoms with Crippen molar-refractivity contribution < 1.29 is 22.4 Å². The Balaban J connectivity index is 1.57. The SMILES string of the molecule is CS(=O)(=O)N1CC(=O)c2c(Nc3ccccc3)cn(-c3ccnc(NC(=O)C4(F)CC4)c3)c2C1. The highest BCUT2D eigenvalue weighted by Gasteiger charge is 2.51. The summed E-state index contributed by atoms with van der Waals surface area (Å²) in [6.45, 7) is -0.260. The van der Waals surface area contributed by atoms with Gasteiger partial charge >= 0.3 is 0 Å². The number of anilines is 3. The van der Waals surface area contributed by atoms with Gasteiger partial charge in [0, 0.05) is 24.1 Å². The van der Waals surface area contributed by atoms with Crippen LogP contribution in [0.15, 0.2) is 54.9 Å². The number of fused-ring (bicyclic) bond motifs is 1. The van der Waals surface area contributed by atoms with Crippen molar-refractivity contribution in [3.8, 4) is 5.69 Å². The number of pyridine rings is 1. The van der Waals surface area contributed by atoms with Crippen LogP contribution in [0.3, 0.4) is 0 Å². The zero-order chi connectivity index (χ0) is 24.1. The summed E-state index contributed by atoms with van der Waals surface area (Å²) in [5.74, 6) is -0.912. The quantitative estimate of drug-likeness (QED) is 0.557. The zero-order valence-corrected chi connectivity index (χ0v) is 19.1. The lowest BCUT2D eigenvalue weighted by atomic mass is 10.1. The second-order valence-corrected chi connectivity index (χ2v) is 10.5. The van der Waals surface area contributed by atoms with Crippen LogP contribution in [0.2, 0.25) is 0 Å². The zero-order valence-electron chi connectivity index (χ0n) is 18.3. The summed E-state index contributed by atoms with van der Waals surface area (Å²) >= 11 is 0. The van der Waals surface area contributed by atoms with Crippen molar-refractivity contribution in [3.63, 3.8) is 0 Å². The molecule has 1 saturated carbocycles. The molecule has 2 aliphatic rings. The molecule has 11 heteroatoms. The van der Waals surface area contributed by atoms with Crippen LogP contribution >= 0.6 is 0 Å². The molecule has 5 rings (SSSR count). The molecule has 0 unspecified atom stereocenters. The van der Waals surface area contributed by atoms with Gasteiger partial charge in [-0.2, -0.15) is 4.31 Å². The van der Waals surface area contributed by atoms with E-state index >= 15 is 0 Å². The Morgan fingerprint density at radius 1 is 1.15 bits per heavy atom. The summed E-state index contributed by atoms with van der Waals surface area (Å²) in [5.41, 5.74) is 0.858. The summed E-state index contributed by atoms with van der Waals surface area (Å²) in [4.78, 5) is 29.3. The van der Waals surface area contributed by atoms with Gasteiger partial charge in [0.15, 0.2) is 11.5 Å². The molecule has 1 aliphatic carbocycles. The molecule has 0 spiro atoms. The number of halogens is 1. The molecule has 0 atom stereocenters. The molecule has 176 valence electrons. The molecule has 3 aromatic rings. The van der Waals surface area contributed by atoms with Crippen LogP contribution in [-0.4, -0.2) is 52.4 Å². The van der Waals surface area contributed by atoms with Crippen LogP contribution in [0.5, 0.6) is 0 Å². The highest BCUT2D eigenvalue weighted by molar-refractivity contribution is 7.88. The summed E-state index contributed by atoms with van der Waals surface area (Å²) in [6.07, 6.45) is 4.59. The van der Waals surface area contributed by atoms with Gasteiger partial charge in [-0.05, 0) is 31.0 Å². The number of rotatable bonds is 6. The van der Waals surface area contributed by atoms with Crippen molar-refractivity contribution in [2.24, 2.45) is 0 Å². The second-order valence-electron chi connectivity index (χ2n) is 8.50. The largest absolute Gasteiger partial charge is 0.354 e. The van der Waals surface area contributed by atoms with E-state index in [1.165, 1.54) is 6.20 Å². The van der Waals surface area contributed by atoms with Crippen LogP contribution in [0.25, 0.3) is 5.69 Å². The Bertz CT molecular complexity index is 1400. The number of para-hydroxylation sites is 1. The molecule has 1 aliphatic heterocycles. The van der Waals surface area contributed by atoms with E-state index < -0.39 is 21.6 Å². The number of amides is 1. The van der Waals surface area contributed by atoms with Crippen LogP contribution in [0, 0.1) is 0 Å². The summed E-state index contributed by atoms with van der Waals surface area (Å²) < 4.78 is 41.3. The van der Waals surface area contributed by atoms with E-state index in [0.29, 0.717) is 22.6 Å². The summed E-state index contributed by atoms with van der Waals surface area (Å²) in [6, 6.07) is 12.5. The predicted octanol–water partition coefficient (Wildman–Crippen LogP) is 3.01. The number of nitrogens with zero attached hydrogens (tertiary/aromatic N) is 3. The minimum Gasteiger partial charge on any atom is -0.354 e. The first-order chi connectivity index (χ1) is 16.1. The molecule has 0 saturated heterocycles. The number of Topliss-reactive ketones (excluding diaryl/α,β-unsaturated/α-hetero) is 1. The fraction of sp³-hybridized carbons (Fsp3) is 0.261. The smallest absolute Gasteiger partial charge is 0.263 e. The van der Waals surface area contributed by atoms with Crippen LogP contribution in [-0.2, 0) is 21.4 Å². The third kappa shape index (κ3) is 4.19. The third-order valence-electron chi connectivity index (χ3n) is 5.91. The maximum atomic E-state index is 14.1. The molecule has 1 amide bonds. The first-order valence-corrected chi connectivity index (χ1v) is 12.5. The van der Waals surface area contributed by atoms with Crippen molar-refractivity contribution in [3.05, 3.63) is 66.1 Å². The van der Waals surface area contributed by atoms with Gasteiger partial charge in [0.05, 0.1) is 42.0 Å². The Kier molecular flexibility index (Phi) is 5.25. The van der Waals surface area contributed by atoms with Crippen molar-refractivity contribution in [2.45, 2.75) is 25.1 Å². The first-order valence-electron chi connectivity index (χ1n) is 10.7. The van der Waals surface area contributed by atoms with Gasteiger partial charge in [-0.3, -0.25) is 9.59 Å². The Morgan fingerprint density at radius 2 is 1.88 bits per heavy atom. The van der Waals surface area contributed by atoms with Gasteiger partial charge in [-0.1, -0.05) is 18.2 Å². The Hall–Kier alpha value is -3.57. The third-order valence-corrected chi connectivity index (χ3v) is 7.11. The topological polar surface area (TPSA) is 113 Å². The van der Waals surface area contributed by atoms with E-state index in [9.17, 15) is 22.4 Å². The number of aromatic nitrogens is 2. The second kappa shape index (κ2) is 8.03. The lowest BCUT2D eigenvalue weighted by Crippen LogP contribution is -2.39. The number of hydrogen-bond donors (Lipinski definition) is 2. The first kappa shape index (κ1) is 22.2. The number of hydrogen-bond acceptors (Lipinski definition) is 6. The Morgan fingerprint density at radius 3 is 2.56 bits per heavy atom. The Labute approximate surface area is 195 Å². The van der Waals surface area contributed by atoms with Gasteiger partial charge in [0.25, 0.3) is 5.91 Å². The number of alkyl halides is 1. The van der Waals surface area contributed by atoms with Gasteiger partial charge < -0.3 is 15.2 Å². The summed E-state index contributed by atoms with van der Waals surface area (Å²) in [5, 5.41) is 5.73. The van der Waals surface area contributed by atoms with Gasteiger partial charge in [-0.15, -0.1) is 0 Å². The molecule has 1 aromatic carbocycles. The molecule has 34 heavy (non-hydrogen) atoms. The summed E-state index contributed by atoms with van der Waals surface area (Å²) in [7, 11) is -3.62. The van der Waals surface area contributed by atoms with Crippen LogP contribution in [0.1, 0.15) is 28.9 Å². The maximum absolute atomic E-state index is 14.1. The number of carbonyl (C=O) groups excluding carboxylic acids is 2. The van der Waals surface area contributed by atoms with E-state index in [1.807, 2.05) is 30.3 Å². The average molecular weight is 484 g/mol. The van der Waals surface area contributed by atoms with Gasteiger partial charge in [0.1, 0.15) is 5.82 Å². The molecule has 2 N–H and O–H groups in total. The van der Waals surface area contributed by atoms with Gasteiger partial charge in [0.2, 0.25) is 10.0 Å². The van der Waals surface area contributed by atoms with E-state index in [2.05, 4.69) is 15.6 Å². The number of benzene rings is 1. The fourth-order valence-electron chi connectivity index (χ4n) is 3.92. The minimum absolute atomic E-state index is 0.00597. The number of ketones is 1. The van der Waals surface area contributed by atoms with Gasteiger partial charge in [-0.25, -0.2) is 17.8 Å². The van der Waals surface area contributed by atoms with E-state index in [4.69, 9.17) is 0 Å². The van der Waals surface area contributed by atoms with Crippen molar-refractivity contribution in [1.82, 2.24) is 13.9 Å². The minimum atomic E-state index is -3.62. The molecule has 0 radical (unpaired) electrons. The van der Waals surface area contributed by atoms with E-state index in [-0.39, 0.29) is 37.5 Å². The molecular formula is C23H22FN5O4S. The molecule has 0 bridgehead atoms. The molecule has 2 aromatic heterocycles. The molecular weight excluding hydrogens is 461 g/mol.